The number of halogens is 1. The van der Waals surface area contributed by atoms with Crippen molar-refractivity contribution in [1.29, 1.82) is 0 Å². The van der Waals surface area contributed by atoms with Gasteiger partial charge in [0.1, 0.15) is 18.4 Å². The number of esters is 1. The summed E-state index contributed by atoms with van der Waals surface area (Å²) < 4.78 is 30.8. The number of alkyl halides is 1. The Labute approximate surface area is 277 Å². The number of benzene rings is 1. The number of carbonyl (C=O) groups excluding carboxylic acids is 3. The number of hydrogen-bond acceptors (Lipinski definition) is 7. The lowest BCUT2D eigenvalue weighted by Crippen LogP contribution is -2.47. The number of nitrogens with two attached hydrogens (primary N) is 1. The fraction of sp³-hybridized carbons (Fsp3) is 0.639. The number of rotatable bonds is 13. The molecule has 2 aromatic rings. The number of anilines is 1. The van der Waals surface area contributed by atoms with E-state index in [1.165, 1.54) is 12.0 Å². The predicted molar refractivity (Wildman–Crippen MR) is 179 cm³/mol. The normalized spacial score (nSPS) is 22.5. The molecule has 0 unspecified atom stereocenters. The van der Waals surface area contributed by atoms with Gasteiger partial charge in [-0.2, -0.15) is 0 Å². The number of likely N-dealkylation sites (tertiary alicyclic amines) is 1. The van der Waals surface area contributed by atoms with Crippen LogP contribution in [0.2, 0.25) is 0 Å². The average molecular weight is 655 g/mol. The maximum absolute atomic E-state index is 14.1. The van der Waals surface area contributed by atoms with Gasteiger partial charge in [0, 0.05) is 62.3 Å². The SMILES string of the molecule is COCCOCCCOC(=O)c1cc2cc(NC(=O)[C@@H]3C(=C4CCCCC4)CCN3C(=O)C3CCC([C@H](N)CF)CC3)ccc2n1C. The van der Waals surface area contributed by atoms with Crippen LogP contribution in [0.25, 0.3) is 10.9 Å². The van der Waals surface area contributed by atoms with Crippen LogP contribution in [-0.2, 0) is 30.8 Å². The summed E-state index contributed by atoms with van der Waals surface area (Å²) in [5.74, 6) is -0.684. The Balaban J connectivity index is 1.28. The molecule has 2 amide bonds. The highest BCUT2D eigenvalue weighted by Gasteiger charge is 2.42. The lowest BCUT2D eigenvalue weighted by molar-refractivity contribution is -0.140. The molecule has 0 spiro atoms. The van der Waals surface area contributed by atoms with E-state index in [0.717, 1.165) is 55.0 Å². The molecule has 3 aliphatic rings. The number of amides is 2. The topological polar surface area (TPSA) is 125 Å². The lowest BCUT2D eigenvalue weighted by atomic mass is 9.78. The third-order valence-electron chi connectivity index (χ3n) is 10.2. The molecule has 2 saturated carbocycles. The Morgan fingerprint density at radius 1 is 1.00 bits per heavy atom. The highest BCUT2D eigenvalue weighted by Crippen LogP contribution is 2.38. The Kier molecular flexibility index (Phi) is 12.5. The molecule has 5 rings (SSSR count). The van der Waals surface area contributed by atoms with Crippen LogP contribution in [0.5, 0.6) is 0 Å². The van der Waals surface area contributed by atoms with Gasteiger partial charge in [0.05, 0.1) is 19.8 Å². The van der Waals surface area contributed by atoms with E-state index in [1.807, 2.05) is 25.2 Å². The Morgan fingerprint density at radius 2 is 1.77 bits per heavy atom. The van der Waals surface area contributed by atoms with Crippen molar-refractivity contribution in [3.05, 3.63) is 41.1 Å². The first-order valence-electron chi connectivity index (χ1n) is 17.3. The molecule has 0 radical (unpaired) electrons. The van der Waals surface area contributed by atoms with Gasteiger partial charge in [-0.3, -0.25) is 9.59 Å². The van der Waals surface area contributed by atoms with Crippen LogP contribution in [0.1, 0.15) is 81.1 Å². The van der Waals surface area contributed by atoms with Crippen molar-refractivity contribution in [3.63, 3.8) is 0 Å². The van der Waals surface area contributed by atoms with Crippen LogP contribution in [0, 0.1) is 11.8 Å². The highest BCUT2D eigenvalue weighted by molar-refractivity contribution is 6.02. The summed E-state index contributed by atoms with van der Waals surface area (Å²) in [5, 5.41) is 3.91. The average Bonchev–Trinajstić information content (AvgIpc) is 3.69. The minimum Gasteiger partial charge on any atom is -0.461 e. The summed E-state index contributed by atoms with van der Waals surface area (Å²) in [5.41, 5.74) is 10.3. The number of aromatic nitrogens is 1. The lowest BCUT2D eigenvalue weighted by Gasteiger charge is -2.34. The van der Waals surface area contributed by atoms with Crippen LogP contribution < -0.4 is 11.1 Å². The zero-order chi connectivity index (χ0) is 33.3. The molecule has 258 valence electrons. The Bertz CT molecular complexity index is 1420. The molecular formula is C36H51FN4O6. The number of hydrogen-bond donors (Lipinski definition) is 2. The summed E-state index contributed by atoms with van der Waals surface area (Å²) >= 11 is 0. The van der Waals surface area contributed by atoms with Crippen molar-refractivity contribution >= 4 is 34.4 Å². The number of fused-ring (bicyclic) bond motifs is 1. The molecule has 1 saturated heterocycles. The van der Waals surface area contributed by atoms with E-state index in [4.69, 9.17) is 19.9 Å². The first-order chi connectivity index (χ1) is 22.8. The largest absolute Gasteiger partial charge is 0.461 e. The van der Waals surface area contributed by atoms with Gasteiger partial charge in [0.25, 0.3) is 5.91 Å². The number of ether oxygens (including phenoxy) is 3. The number of nitrogens with zero attached hydrogens (tertiary/aromatic N) is 2. The molecule has 0 bridgehead atoms. The van der Waals surface area contributed by atoms with Crippen LogP contribution in [0.4, 0.5) is 10.1 Å². The molecule has 3 N–H and O–H groups in total. The van der Waals surface area contributed by atoms with Gasteiger partial charge in [-0.25, -0.2) is 9.18 Å². The monoisotopic (exact) mass is 654 g/mol. The van der Waals surface area contributed by atoms with Crippen LogP contribution in [-0.4, -0.2) is 86.1 Å². The number of aryl methyl sites for hydroxylation is 1. The smallest absolute Gasteiger partial charge is 0.354 e. The third kappa shape index (κ3) is 8.42. The molecule has 2 atom stereocenters. The molecule has 2 aliphatic carbocycles. The molecule has 3 fully saturated rings. The van der Waals surface area contributed by atoms with Crippen LogP contribution >= 0.6 is 0 Å². The second-order valence-corrected chi connectivity index (χ2v) is 13.2. The number of methoxy groups -OCH3 is 1. The van der Waals surface area contributed by atoms with Crippen molar-refractivity contribution < 1.29 is 33.0 Å². The molecule has 47 heavy (non-hydrogen) atoms. The van der Waals surface area contributed by atoms with Crippen molar-refractivity contribution in [2.45, 2.75) is 82.7 Å². The van der Waals surface area contributed by atoms with Crippen molar-refractivity contribution in [3.8, 4) is 0 Å². The first-order valence-corrected chi connectivity index (χ1v) is 17.3. The Morgan fingerprint density at radius 3 is 2.49 bits per heavy atom. The minimum absolute atomic E-state index is 0.0204. The van der Waals surface area contributed by atoms with Crippen LogP contribution in [0.3, 0.4) is 0 Å². The van der Waals surface area contributed by atoms with Crippen molar-refractivity contribution in [2.24, 2.45) is 24.6 Å². The van der Waals surface area contributed by atoms with Gasteiger partial charge in [-0.1, -0.05) is 12.0 Å². The zero-order valence-corrected chi connectivity index (χ0v) is 27.9. The van der Waals surface area contributed by atoms with Gasteiger partial charge >= 0.3 is 5.97 Å². The van der Waals surface area contributed by atoms with Gasteiger partial charge in [-0.05, 0) is 93.5 Å². The number of nitrogens with one attached hydrogen (secondary N) is 1. The van der Waals surface area contributed by atoms with E-state index in [1.54, 1.807) is 22.6 Å². The highest BCUT2D eigenvalue weighted by atomic mass is 19.1. The van der Waals surface area contributed by atoms with Crippen molar-refractivity contribution in [1.82, 2.24) is 9.47 Å². The quantitative estimate of drug-likeness (QED) is 0.171. The second kappa shape index (κ2) is 16.7. The summed E-state index contributed by atoms with van der Waals surface area (Å²) in [7, 11) is 3.43. The van der Waals surface area contributed by atoms with Gasteiger partial charge in [0.2, 0.25) is 5.91 Å². The molecular weight excluding hydrogens is 603 g/mol. The van der Waals surface area contributed by atoms with E-state index in [9.17, 15) is 18.8 Å². The summed E-state index contributed by atoms with van der Waals surface area (Å²) in [6.45, 7) is 1.74. The first kappa shape index (κ1) is 35.0. The van der Waals surface area contributed by atoms with E-state index in [0.29, 0.717) is 63.4 Å². The maximum Gasteiger partial charge on any atom is 0.354 e. The number of allylic oxidation sites excluding steroid dienone is 1. The van der Waals surface area contributed by atoms with Gasteiger partial charge in [0.15, 0.2) is 0 Å². The Hall–Kier alpha value is -3.28. The predicted octanol–water partition coefficient (Wildman–Crippen LogP) is 5.29. The number of carbonyl (C=O) groups is 3. The van der Waals surface area contributed by atoms with E-state index < -0.39 is 24.7 Å². The van der Waals surface area contributed by atoms with E-state index in [-0.39, 0.29) is 30.3 Å². The molecule has 10 nitrogen and oxygen atoms in total. The third-order valence-corrected chi connectivity index (χ3v) is 10.2. The van der Waals surface area contributed by atoms with Crippen LogP contribution in [0.15, 0.2) is 35.4 Å². The second-order valence-electron chi connectivity index (χ2n) is 13.2. The van der Waals surface area contributed by atoms with E-state index in [2.05, 4.69) is 5.32 Å². The molecule has 1 aliphatic heterocycles. The molecule has 11 heteroatoms. The molecule has 1 aromatic heterocycles. The summed E-state index contributed by atoms with van der Waals surface area (Å²) in [6.07, 6.45) is 9.47. The molecule has 1 aromatic carbocycles. The van der Waals surface area contributed by atoms with Gasteiger partial charge < -0.3 is 34.7 Å². The summed E-state index contributed by atoms with van der Waals surface area (Å²) in [4.78, 5) is 42.7. The zero-order valence-electron chi connectivity index (χ0n) is 27.9. The molecule has 2 heterocycles. The van der Waals surface area contributed by atoms with Gasteiger partial charge in [-0.15, -0.1) is 0 Å². The maximum atomic E-state index is 14.1. The minimum atomic E-state index is -0.642. The van der Waals surface area contributed by atoms with Crippen molar-refractivity contribution in [2.75, 3.05) is 52.1 Å². The summed E-state index contributed by atoms with van der Waals surface area (Å²) in [6, 6.07) is 6.23. The fourth-order valence-electron chi connectivity index (χ4n) is 7.53. The fourth-order valence-corrected chi connectivity index (χ4v) is 7.53. The van der Waals surface area contributed by atoms with E-state index >= 15 is 0 Å². The standard InChI is InChI=1S/C36H51FN4O6/c1-40-31-14-13-28(21-27(31)22-32(40)36(44)47-18-6-17-46-20-19-45-2)39-34(42)33-29(24-7-4-3-5-8-24)15-16-41(33)35(43)26-11-9-25(10-12-26)30(38)23-37/h13-14,21-22,25-26,30,33H,3-12,15-20,23,38H2,1-2H3,(H,39,42)/t25?,26?,30-,33+/m1/s1.